The fourth-order valence-electron chi connectivity index (χ4n) is 18.2. The average molecular weight is 2040 g/mol. The molecule has 8 aromatic rings. The number of rotatable bonds is 44. The monoisotopic (exact) mass is 2040 g/mol. The number of nitrogens with one attached hydrogen (secondary N) is 4. The van der Waals surface area contributed by atoms with Crippen LogP contribution in [-0.2, 0) is 40.8 Å². The lowest BCUT2D eigenvalue weighted by Crippen LogP contribution is -2.44. The third-order valence-electron chi connectivity index (χ3n) is 27.0. The molecule has 28 nitrogen and oxygen atoms in total. The highest BCUT2D eigenvalue weighted by Gasteiger charge is 2.42. The van der Waals surface area contributed by atoms with E-state index in [0.29, 0.717) is 255 Å². The molecule has 768 valence electrons. The van der Waals surface area contributed by atoms with E-state index in [1.807, 2.05) is 0 Å². The number of benzene rings is 8. The first-order valence-electron chi connectivity index (χ1n) is 50.0. The highest BCUT2D eigenvalue weighted by Crippen LogP contribution is 2.57. The van der Waals surface area contributed by atoms with Crippen LogP contribution in [0.25, 0.3) is 0 Å². The summed E-state index contributed by atoms with van der Waals surface area (Å²) < 4.78 is 30.8. The zero-order valence-corrected chi connectivity index (χ0v) is 90.7. The molecule has 0 atom stereocenters. The van der Waals surface area contributed by atoms with Crippen LogP contribution in [0.4, 0.5) is 0 Å². The molecule has 0 saturated heterocycles. The Morgan fingerprint density at radius 3 is 0.542 bits per heavy atom. The standard InChI is InChI=1S/C112H140N12O16S4/c1-109(2,3)73-61-85-97(137-69-93(125)113-45-29-53-121(13,14)57-33-49-117-101(129)77-37-21-22-38-78(77)102(117)130)86(62-73)142-88-64-75(111(7,8)9)66-90(99(88)139-71-95(127)115-47-31-55-123(17,18)59-35-51-119-105(133)81-41-25-26-42-82(81)106(119)134)144-92-68-76(112(10,11)12)67-91(100(92)140-72-96(128)116-48-32-56-124(19,20)60-36-52-120-107(135)83-43-27-28-44-84(83)108(120)136)143-89-65-74(110(4,5)6)63-87(141-85)98(89)138-70-94(126)114-46-30-54-122(15,16)58-34-50-118-103(131)79-39-23-24-40-80(79)104(118)132/h21-28,37-44,61-68H,29-36,45-60,69-72H2,1-20H3/p+4. The lowest BCUT2D eigenvalue weighted by molar-refractivity contribution is -0.890. The maximum absolute atomic E-state index is 14.8. The topological polar surface area (TPSA) is 303 Å². The number of hydrogen-bond donors (Lipinski definition) is 4. The molecule has 0 fully saturated rings. The molecule has 0 aliphatic carbocycles. The first kappa shape index (κ1) is 110. The Balaban J connectivity index is 0.834. The van der Waals surface area contributed by atoms with Gasteiger partial charge >= 0.3 is 0 Å². The summed E-state index contributed by atoms with van der Waals surface area (Å²) in [6.45, 7) is 31.6. The molecule has 0 radical (unpaired) electrons. The molecule has 0 spiro atoms. The third kappa shape index (κ3) is 27.9. The molecular formula is C112H144N12O16S4+4. The van der Waals surface area contributed by atoms with Gasteiger partial charge in [0.25, 0.3) is 70.9 Å². The van der Waals surface area contributed by atoms with Crippen LogP contribution in [0.2, 0.25) is 0 Å². The number of carbonyl (C=O) groups is 12. The van der Waals surface area contributed by atoms with Gasteiger partial charge in [0.05, 0.1) is 192 Å². The first-order valence-corrected chi connectivity index (χ1v) is 53.2. The maximum Gasteiger partial charge on any atom is 0.261 e. The number of fused-ring (bicyclic) bond motifs is 12. The van der Waals surface area contributed by atoms with E-state index < -0.39 is 48.1 Å². The SMILES string of the molecule is CC(C)(C)c1cc2c(OCC(=O)NCCC[N+](C)(C)CCCN3C(=O)c4ccccc4C3=O)c(c1)Sc1cc(C(C)(C)C)cc(c1OCC(=O)NCCC[N+](C)(C)CCCN1C(=O)c3ccccc3C1=O)Sc1cc(C(C)(C)C)cc(c1OCC(=O)NCCC[N+](C)(C)CCCN1C(=O)c3ccccc3C1=O)Sc1cc(C(C)(C)C)cc(c1OCC(=O)NCCC[N+](C)(C)CCCN1C(=O)c3ccccc3C1=O)S2. The molecule has 0 saturated carbocycles. The van der Waals surface area contributed by atoms with Crippen LogP contribution in [-0.4, -0.2) is 296 Å². The largest absolute Gasteiger partial charge is 0.481 e. The molecule has 0 aromatic heterocycles. The van der Waals surface area contributed by atoms with Crippen molar-refractivity contribution in [1.29, 1.82) is 0 Å². The van der Waals surface area contributed by atoms with Crippen molar-refractivity contribution < 1.29 is 94.4 Å². The Morgan fingerprint density at radius 2 is 0.396 bits per heavy atom. The molecule has 12 amide bonds. The predicted molar refractivity (Wildman–Crippen MR) is 563 cm³/mol. The lowest BCUT2D eigenvalue weighted by Gasteiger charge is -2.30. The lowest BCUT2D eigenvalue weighted by atomic mass is 9.87. The van der Waals surface area contributed by atoms with Crippen LogP contribution in [0.1, 0.15) is 240 Å². The molecule has 8 aromatic carbocycles. The number of nitrogens with zero attached hydrogens (tertiary/aromatic N) is 8. The van der Waals surface area contributed by atoms with Gasteiger partial charge in [0.15, 0.2) is 26.4 Å². The molecule has 5 aliphatic rings. The van der Waals surface area contributed by atoms with Crippen molar-refractivity contribution in [3.05, 3.63) is 212 Å². The average Bonchev–Trinajstić information content (AvgIpc) is 0.962. The minimum atomic E-state index is -0.529. The Kier molecular flexibility index (Phi) is 35.2. The van der Waals surface area contributed by atoms with Gasteiger partial charge in [0.1, 0.15) is 23.0 Å². The van der Waals surface area contributed by atoms with Crippen molar-refractivity contribution in [3.8, 4) is 23.0 Å². The van der Waals surface area contributed by atoms with Crippen molar-refractivity contribution in [2.24, 2.45) is 0 Å². The molecule has 4 N–H and O–H groups in total. The van der Waals surface area contributed by atoms with E-state index in [0.717, 1.165) is 22.3 Å². The van der Waals surface area contributed by atoms with E-state index >= 15 is 0 Å². The number of quaternary nitrogens is 4. The molecule has 32 heteroatoms. The number of carbonyl (C=O) groups excluding carboxylic acids is 12. The summed E-state index contributed by atoms with van der Waals surface area (Å²) in [5.74, 6) is -2.39. The van der Waals surface area contributed by atoms with Gasteiger partial charge in [-0.3, -0.25) is 77.1 Å². The van der Waals surface area contributed by atoms with Crippen molar-refractivity contribution in [3.63, 3.8) is 0 Å². The van der Waals surface area contributed by atoms with E-state index in [-0.39, 0.29) is 97.1 Å². The zero-order valence-electron chi connectivity index (χ0n) is 87.4. The number of ether oxygens (including phenoxy) is 4. The second-order valence-electron chi connectivity index (χ2n) is 44.8. The molecular weight excluding hydrogens is 1900 g/mol. The summed E-state index contributed by atoms with van der Waals surface area (Å²) in [4.78, 5) is 176. The highest BCUT2D eigenvalue weighted by molar-refractivity contribution is 8.01. The summed E-state index contributed by atoms with van der Waals surface area (Å²) in [6, 6.07) is 44.2. The fourth-order valence-corrected chi connectivity index (χ4v) is 23.0. The van der Waals surface area contributed by atoms with E-state index in [2.05, 4.69) is 209 Å². The molecule has 5 aliphatic heterocycles. The van der Waals surface area contributed by atoms with Crippen molar-refractivity contribution in [2.75, 3.05) is 188 Å². The van der Waals surface area contributed by atoms with Gasteiger partial charge < -0.3 is 58.1 Å². The van der Waals surface area contributed by atoms with Gasteiger partial charge in [-0.05, 0) is 141 Å². The van der Waals surface area contributed by atoms with Gasteiger partial charge in [0.2, 0.25) is 0 Å². The predicted octanol–water partition coefficient (Wildman–Crippen LogP) is 16.4. The molecule has 13 rings (SSSR count). The van der Waals surface area contributed by atoms with Crippen LogP contribution in [0, 0.1) is 0 Å². The Morgan fingerprint density at radius 1 is 0.250 bits per heavy atom. The smallest absolute Gasteiger partial charge is 0.261 e. The van der Waals surface area contributed by atoms with Gasteiger partial charge in [0, 0.05) is 104 Å². The Bertz CT molecular complexity index is 5250. The summed E-state index contributed by atoms with van der Waals surface area (Å²) in [7, 11) is 16.7. The van der Waals surface area contributed by atoms with Crippen LogP contribution < -0.4 is 40.2 Å². The second kappa shape index (κ2) is 46.2. The molecule has 0 unspecified atom stereocenters. The second-order valence-corrected chi connectivity index (χ2v) is 49.1. The minimum absolute atomic E-state index is 0.277. The van der Waals surface area contributed by atoms with Gasteiger partial charge in [-0.15, -0.1) is 0 Å². The van der Waals surface area contributed by atoms with E-state index in [1.165, 1.54) is 66.6 Å². The summed E-state index contributed by atoms with van der Waals surface area (Å²) in [5, 5.41) is 12.6. The summed E-state index contributed by atoms with van der Waals surface area (Å²) in [5.41, 5.74) is 4.82. The van der Waals surface area contributed by atoms with Gasteiger partial charge in [-0.25, -0.2) is 0 Å². The number of amides is 12. The van der Waals surface area contributed by atoms with Gasteiger partial charge in [-0.1, -0.05) is 179 Å². The fraction of sp³-hybridized carbons (Fsp3) is 0.464. The van der Waals surface area contributed by atoms with Gasteiger partial charge in [-0.2, -0.15) is 0 Å². The van der Waals surface area contributed by atoms with E-state index in [4.69, 9.17) is 18.9 Å². The van der Waals surface area contributed by atoms with Crippen LogP contribution in [0.3, 0.4) is 0 Å². The van der Waals surface area contributed by atoms with Crippen molar-refractivity contribution >= 4 is 118 Å². The maximum atomic E-state index is 14.8. The van der Waals surface area contributed by atoms with E-state index in [9.17, 15) is 57.5 Å². The minimum Gasteiger partial charge on any atom is -0.481 e. The summed E-state index contributed by atoms with van der Waals surface area (Å²) >= 11 is 5.50. The molecule has 5 heterocycles. The van der Waals surface area contributed by atoms with Crippen molar-refractivity contribution in [2.45, 2.75) is 195 Å². The Labute approximate surface area is 865 Å². The number of imide groups is 4. The highest BCUT2D eigenvalue weighted by atomic mass is 32.2. The first-order chi connectivity index (χ1) is 67.8. The van der Waals surface area contributed by atoms with Crippen molar-refractivity contribution in [1.82, 2.24) is 40.9 Å². The molecule has 144 heavy (non-hydrogen) atoms. The summed E-state index contributed by atoms with van der Waals surface area (Å²) in [6.07, 6.45) is 4.68. The quantitative estimate of drug-likeness (QED) is 0.0157. The zero-order chi connectivity index (χ0) is 104. The molecule has 8 bridgehead atoms. The number of hydrogen-bond acceptors (Lipinski definition) is 20. The Hall–Kier alpha value is -11.4. The third-order valence-corrected chi connectivity index (χ3v) is 31.1. The van der Waals surface area contributed by atoms with Crippen LogP contribution >= 0.6 is 47.0 Å². The normalized spacial score (nSPS) is 14.5. The van der Waals surface area contributed by atoms with E-state index in [1.54, 1.807) is 97.1 Å². The van der Waals surface area contributed by atoms with Crippen LogP contribution in [0.15, 0.2) is 185 Å². The van der Waals surface area contributed by atoms with Crippen LogP contribution in [0.5, 0.6) is 23.0 Å².